The van der Waals surface area contributed by atoms with Crippen LogP contribution in [0.25, 0.3) is 0 Å². The molecule has 3 heteroatoms. The van der Waals surface area contributed by atoms with E-state index in [2.05, 4.69) is 11.9 Å². The van der Waals surface area contributed by atoms with E-state index in [-0.39, 0.29) is 11.6 Å². The van der Waals surface area contributed by atoms with Crippen LogP contribution in [-0.4, -0.2) is 13.7 Å². The summed E-state index contributed by atoms with van der Waals surface area (Å²) in [6, 6.07) is 4.92. The summed E-state index contributed by atoms with van der Waals surface area (Å²) < 4.78 is 18.0. The Kier molecular flexibility index (Phi) is 4.13. The molecular weight excluding hydrogens is 181 g/mol. The predicted octanol–water partition coefficient (Wildman–Crippen LogP) is 2.11. The Hall–Kier alpha value is -1.35. The van der Waals surface area contributed by atoms with Gasteiger partial charge in [0, 0.05) is 13.1 Å². The molecule has 0 radical (unpaired) electrons. The van der Waals surface area contributed by atoms with Gasteiger partial charge >= 0.3 is 0 Å². The van der Waals surface area contributed by atoms with Gasteiger partial charge in [0.25, 0.3) is 0 Å². The molecule has 2 nitrogen and oxygen atoms in total. The molecule has 1 N–H and O–H groups in total. The number of methoxy groups -OCH3 is 1. The highest BCUT2D eigenvalue weighted by molar-refractivity contribution is 5.29. The van der Waals surface area contributed by atoms with Gasteiger partial charge in [-0.3, -0.25) is 0 Å². The molecule has 0 saturated carbocycles. The van der Waals surface area contributed by atoms with Gasteiger partial charge < -0.3 is 10.1 Å². The molecule has 0 unspecified atom stereocenters. The second-order valence-electron chi connectivity index (χ2n) is 2.89. The fraction of sp³-hybridized carbons (Fsp3) is 0.273. The molecule has 0 aliphatic heterocycles. The summed E-state index contributed by atoms with van der Waals surface area (Å²) >= 11 is 0. The molecule has 0 aliphatic carbocycles. The molecule has 0 bridgehead atoms. The zero-order chi connectivity index (χ0) is 10.4. The van der Waals surface area contributed by atoms with Crippen LogP contribution in [0.2, 0.25) is 0 Å². The Morgan fingerprint density at radius 3 is 2.93 bits per heavy atom. The normalized spacial score (nSPS) is 9.86. The van der Waals surface area contributed by atoms with Gasteiger partial charge in [-0.1, -0.05) is 12.1 Å². The van der Waals surface area contributed by atoms with E-state index in [0.717, 1.165) is 5.56 Å². The SMILES string of the molecule is C=CCNCc1ccc(OC)c(F)c1. The third-order valence-corrected chi connectivity index (χ3v) is 1.83. The quantitative estimate of drug-likeness (QED) is 0.574. The van der Waals surface area contributed by atoms with E-state index in [4.69, 9.17) is 4.74 Å². The number of rotatable bonds is 5. The minimum Gasteiger partial charge on any atom is -0.494 e. The smallest absolute Gasteiger partial charge is 0.165 e. The van der Waals surface area contributed by atoms with Gasteiger partial charge in [0.05, 0.1) is 7.11 Å². The second kappa shape index (κ2) is 5.40. The molecule has 0 aliphatic rings. The topological polar surface area (TPSA) is 21.3 Å². The summed E-state index contributed by atoms with van der Waals surface area (Å²) in [7, 11) is 1.45. The van der Waals surface area contributed by atoms with Gasteiger partial charge in [0.15, 0.2) is 11.6 Å². The van der Waals surface area contributed by atoms with Crippen molar-refractivity contribution in [2.45, 2.75) is 6.54 Å². The Bertz CT molecular complexity index is 312. The molecular formula is C11H14FNO. The maximum Gasteiger partial charge on any atom is 0.165 e. The zero-order valence-electron chi connectivity index (χ0n) is 8.22. The predicted molar refractivity (Wildman–Crippen MR) is 54.9 cm³/mol. The van der Waals surface area contributed by atoms with Crippen LogP contribution in [0.4, 0.5) is 4.39 Å². The van der Waals surface area contributed by atoms with Gasteiger partial charge in [0.1, 0.15) is 0 Å². The summed E-state index contributed by atoms with van der Waals surface area (Å²) in [5.41, 5.74) is 0.894. The van der Waals surface area contributed by atoms with Gasteiger partial charge in [-0.2, -0.15) is 0 Å². The molecule has 14 heavy (non-hydrogen) atoms. The van der Waals surface area contributed by atoms with Crippen molar-refractivity contribution < 1.29 is 9.13 Å². The average Bonchev–Trinajstić information content (AvgIpc) is 2.18. The van der Waals surface area contributed by atoms with E-state index in [9.17, 15) is 4.39 Å². The summed E-state index contributed by atoms with van der Waals surface area (Å²) in [5, 5.41) is 3.09. The Balaban J connectivity index is 2.61. The van der Waals surface area contributed by atoms with Crippen molar-refractivity contribution in [3.05, 3.63) is 42.2 Å². The van der Waals surface area contributed by atoms with Crippen LogP contribution < -0.4 is 10.1 Å². The second-order valence-corrected chi connectivity index (χ2v) is 2.89. The third-order valence-electron chi connectivity index (χ3n) is 1.83. The first kappa shape index (κ1) is 10.7. The summed E-state index contributed by atoms with van der Waals surface area (Å²) in [4.78, 5) is 0. The standard InChI is InChI=1S/C11H14FNO/c1-3-6-13-8-9-4-5-11(14-2)10(12)7-9/h3-5,7,13H,1,6,8H2,2H3. The van der Waals surface area contributed by atoms with Crippen LogP contribution in [0.15, 0.2) is 30.9 Å². The monoisotopic (exact) mass is 195 g/mol. The van der Waals surface area contributed by atoms with Crippen LogP contribution >= 0.6 is 0 Å². The largest absolute Gasteiger partial charge is 0.494 e. The first-order chi connectivity index (χ1) is 6.77. The minimum atomic E-state index is -0.328. The van der Waals surface area contributed by atoms with Crippen molar-refractivity contribution in [3.63, 3.8) is 0 Å². The molecule has 76 valence electrons. The van der Waals surface area contributed by atoms with Gasteiger partial charge in [-0.25, -0.2) is 4.39 Å². The fourth-order valence-corrected chi connectivity index (χ4v) is 1.14. The summed E-state index contributed by atoms with van der Waals surface area (Å²) in [6.45, 7) is 4.93. The van der Waals surface area contributed by atoms with Crippen molar-refractivity contribution in [2.75, 3.05) is 13.7 Å². The Morgan fingerprint density at radius 1 is 1.57 bits per heavy atom. The third kappa shape index (κ3) is 2.85. The number of hydrogen-bond donors (Lipinski definition) is 1. The maximum atomic E-state index is 13.2. The number of hydrogen-bond acceptors (Lipinski definition) is 2. The van der Waals surface area contributed by atoms with Crippen LogP contribution in [0.1, 0.15) is 5.56 Å². The van der Waals surface area contributed by atoms with E-state index in [1.165, 1.54) is 13.2 Å². The van der Waals surface area contributed by atoms with Crippen molar-refractivity contribution in [1.29, 1.82) is 0 Å². The lowest BCUT2D eigenvalue weighted by Crippen LogP contribution is -2.12. The van der Waals surface area contributed by atoms with E-state index in [0.29, 0.717) is 13.1 Å². The Morgan fingerprint density at radius 2 is 2.36 bits per heavy atom. The molecule has 0 aromatic heterocycles. The lowest BCUT2D eigenvalue weighted by molar-refractivity contribution is 0.386. The molecule has 0 saturated heterocycles. The molecule has 1 rings (SSSR count). The molecule has 0 fully saturated rings. The molecule has 0 atom stereocenters. The minimum absolute atomic E-state index is 0.275. The van der Waals surface area contributed by atoms with E-state index < -0.39 is 0 Å². The molecule has 1 aromatic rings. The number of ether oxygens (including phenoxy) is 1. The van der Waals surface area contributed by atoms with Crippen LogP contribution in [0, 0.1) is 5.82 Å². The van der Waals surface area contributed by atoms with E-state index in [1.807, 2.05) is 6.07 Å². The number of benzene rings is 1. The lowest BCUT2D eigenvalue weighted by Gasteiger charge is -2.05. The van der Waals surface area contributed by atoms with Gasteiger partial charge in [0.2, 0.25) is 0 Å². The maximum absolute atomic E-state index is 13.2. The van der Waals surface area contributed by atoms with Crippen molar-refractivity contribution in [2.24, 2.45) is 0 Å². The van der Waals surface area contributed by atoms with Crippen LogP contribution in [-0.2, 0) is 6.54 Å². The average molecular weight is 195 g/mol. The van der Waals surface area contributed by atoms with E-state index in [1.54, 1.807) is 12.1 Å². The molecule has 1 aromatic carbocycles. The number of nitrogens with one attached hydrogen (secondary N) is 1. The Labute approximate surface area is 83.4 Å². The molecule has 0 heterocycles. The van der Waals surface area contributed by atoms with Crippen molar-refractivity contribution >= 4 is 0 Å². The van der Waals surface area contributed by atoms with Gasteiger partial charge in [-0.15, -0.1) is 6.58 Å². The van der Waals surface area contributed by atoms with Crippen LogP contribution in [0.5, 0.6) is 5.75 Å². The first-order valence-corrected chi connectivity index (χ1v) is 4.42. The van der Waals surface area contributed by atoms with Crippen molar-refractivity contribution in [1.82, 2.24) is 5.32 Å². The highest BCUT2D eigenvalue weighted by Crippen LogP contribution is 2.17. The molecule has 0 amide bonds. The van der Waals surface area contributed by atoms with Crippen molar-refractivity contribution in [3.8, 4) is 5.75 Å². The summed E-state index contributed by atoms with van der Waals surface area (Å²) in [5.74, 6) is -0.0529. The van der Waals surface area contributed by atoms with E-state index >= 15 is 0 Å². The zero-order valence-corrected chi connectivity index (χ0v) is 8.22. The number of halogens is 1. The highest BCUT2D eigenvalue weighted by Gasteiger charge is 2.02. The van der Waals surface area contributed by atoms with Crippen LogP contribution in [0.3, 0.4) is 0 Å². The van der Waals surface area contributed by atoms with Gasteiger partial charge in [-0.05, 0) is 17.7 Å². The first-order valence-electron chi connectivity index (χ1n) is 4.42. The summed E-state index contributed by atoms with van der Waals surface area (Å²) in [6.07, 6.45) is 1.76. The fourth-order valence-electron chi connectivity index (χ4n) is 1.14. The lowest BCUT2D eigenvalue weighted by atomic mass is 10.2. The highest BCUT2D eigenvalue weighted by atomic mass is 19.1. The molecule has 0 spiro atoms.